The number of nitrogens with zero attached hydrogens (tertiary/aromatic N) is 1. The third kappa shape index (κ3) is 3.51. The monoisotopic (exact) mass is 276 g/mol. The maximum Gasteiger partial charge on any atom is 0.237 e. The molecule has 1 saturated heterocycles. The van der Waals surface area contributed by atoms with E-state index in [0.717, 1.165) is 31.8 Å². The van der Waals surface area contributed by atoms with E-state index in [1.165, 1.54) is 11.1 Å². The number of hydrogen-bond donors (Lipinski definition) is 1. The van der Waals surface area contributed by atoms with Crippen LogP contribution in [0.1, 0.15) is 24.5 Å². The van der Waals surface area contributed by atoms with Crippen molar-refractivity contribution in [3.8, 4) is 5.75 Å². The van der Waals surface area contributed by atoms with Crippen LogP contribution >= 0.6 is 0 Å². The Morgan fingerprint density at radius 2 is 2.05 bits per heavy atom. The first-order valence-electron chi connectivity index (χ1n) is 7.30. The first-order chi connectivity index (χ1) is 9.59. The lowest BCUT2D eigenvalue weighted by atomic mass is 10.1. The van der Waals surface area contributed by atoms with Crippen molar-refractivity contribution in [3.63, 3.8) is 0 Å². The molecule has 0 spiro atoms. The maximum atomic E-state index is 11.6. The molecule has 1 aliphatic heterocycles. The summed E-state index contributed by atoms with van der Waals surface area (Å²) in [5.74, 6) is 1.13. The summed E-state index contributed by atoms with van der Waals surface area (Å²) in [6, 6.07) is 6.16. The SMILES string of the molecule is Cc1cccc(C)c1OCCCN1CCNC(=O)C1C. The Kier molecular flexibility index (Phi) is 5.01. The molecular formula is C16H24N2O2. The molecule has 1 aromatic carbocycles. The minimum Gasteiger partial charge on any atom is -0.493 e. The number of amides is 1. The molecule has 4 nitrogen and oxygen atoms in total. The molecule has 2 rings (SSSR count). The predicted octanol–water partition coefficient (Wildman–Crippen LogP) is 1.89. The molecule has 20 heavy (non-hydrogen) atoms. The molecule has 1 aliphatic rings. The number of carbonyl (C=O) groups is 1. The Morgan fingerprint density at radius 3 is 2.75 bits per heavy atom. The molecule has 0 bridgehead atoms. The fourth-order valence-corrected chi connectivity index (χ4v) is 2.60. The zero-order valence-corrected chi connectivity index (χ0v) is 12.6. The molecule has 1 heterocycles. The number of aryl methyl sites for hydroxylation is 2. The Labute approximate surface area is 121 Å². The van der Waals surface area contributed by atoms with Crippen LogP contribution in [0.5, 0.6) is 5.75 Å². The van der Waals surface area contributed by atoms with Gasteiger partial charge in [-0.15, -0.1) is 0 Å². The number of para-hydroxylation sites is 1. The van der Waals surface area contributed by atoms with Crippen LogP contribution in [0.3, 0.4) is 0 Å². The summed E-state index contributed by atoms with van der Waals surface area (Å²) in [5.41, 5.74) is 2.35. The first-order valence-corrected chi connectivity index (χ1v) is 7.30. The topological polar surface area (TPSA) is 41.6 Å². The molecular weight excluding hydrogens is 252 g/mol. The molecule has 1 fully saturated rings. The maximum absolute atomic E-state index is 11.6. The molecule has 4 heteroatoms. The van der Waals surface area contributed by atoms with Crippen molar-refractivity contribution in [1.29, 1.82) is 0 Å². The van der Waals surface area contributed by atoms with Gasteiger partial charge < -0.3 is 10.1 Å². The van der Waals surface area contributed by atoms with E-state index in [1.54, 1.807) is 0 Å². The summed E-state index contributed by atoms with van der Waals surface area (Å²) in [7, 11) is 0. The van der Waals surface area contributed by atoms with Gasteiger partial charge in [0.15, 0.2) is 0 Å². The van der Waals surface area contributed by atoms with E-state index >= 15 is 0 Å². The highest BCUT2D eigenvalue weighted by Crippen LogP contribution is 2.22. The standard InChI is InChI=1S/C16H24N2O2/c1-12-6-4-7-13(2)15(12)20-11-5-9-18-10-8-17-16(19)14(18)3/h4,6-7,14H,5,8-11H2,1-3H3,(H,17,19). The van der Waals surface area contributed by atoms with Crippen molar-refractivity contribution in [2.75, 3.05) is 26.2 Å². The number of rotatable bonds is 5. The van der Waals surface area contributed by atoms with Crippen molar-refractivity contribution in [3.05, 3.63) is 29.3 Å². The number of benzene rings is 1. The van der Waals surface area contributed by atoms with Crippen LogP contribution in [0.4, 0.5) is 0 Å². The van der Waals surface area contributed by atoms with Crippen LogP contribution in [-0.4, -0.2) is 43.1 Å². The summed E-state index contributed by atoms with van der Waals surface area (Å²) in [6.07, 6.45) is 0.936. The number of piperazine rings is 1. The lowest BCUT2D eigenvalue weighted by Crippen LogP contribution is -2.54. The Bertz CT molecular complexity index is 453. The van der Waals surface area contributed by atoms with Crippen molar-refractivity contribution < 1.29 is 9.53 Å². The minimum atomic E-state index is -0.0241. The molecule has 0 aliphatic carbocycles. The number of carbonyl (C=O) groups excluding carboxylic acids is 1. The molecule has 0 saturated carbocycles. The highest BCUT2D eigenvalue weighted by molar-refractivity contribution is 5.81. The number of ether oxygens (including phenoxy) is 1. The van der Waals surface area contributed by atoms with Gasteiger partial charge in [0.05, 0.1) is 12.6 Å². The van der Waals surface area contributed by atoms with Crippen molar-refractivity contribution in [2.45, 2.75) is 33.2 Å². The second-order valence-corrected chi connectivity index (χ2v) is 5.43. The van der Waals surface area contributed by atoms with E-state index in [-0.39, 0.29) is 11.9 Å². The quantitative estimate of drug-likeness (QED) is 0.835. The fraction of sp³-hybridized carbons (Fsp3) is 0.562. The van der Waals surface area contributed by atoms with Crippen LogP contribution in [0, 0.1) is 13.8 Å². The Morgan fingerprint density at radius 1 is 1.35 bits per heavy atom. The largest absolute Gasteiger partial charge is 0.493 e. The van der Waals surface area contributed by atoms with Crippen molar-refractivity contribution in [2.24, 2.45) is 0 Å². The average Bonchev–Trinajstić information content (AvgIpc) is 2.42. The van der Waals surface area contributed by atoms with E-state index in [2.05, 4.69) is 36.2 Å². The van der Waals surface area contributed by atoms with Crippen molar-refractivity contribution >= 4 is 5.91 Å². The Balaban J connectivity index is 1.78. The molecule has 1 N–H and O–H groups in total. The van der Waals surface area contributed by atoms with Crippen LogP contribution in [0.15, 0.2) is 18.2 Å². The van der Waals surface area contributed by atoms with E-state index in [1.807, 2.05) is 13.0 Å². The van der Waals surface area contributed by atoms with Crippen LogP contribution in [-0.2, 0) is 4.79 Å². The molecule has 110 valence electrons. The highest BCUT2D eigenvalue weighted by atomic mass is 16.5. The summed E-state index contributed by atoms with van der Waals surface area (Å²) >= 11 is 0. The number of nitrogens with one attached hydrogen (secondary N) is 1. The van der Waals surface area contributed by atoms with Gasteiger partial charge in [-0.3, -0.25) is 9.69 Å². The average molecular weight is 276 g/mol. The van der Waals surface area contributed by atoms with Gasteiger partial charge in [0.2, 0.25) is 5.91 Å². The lowest BCUT2D eigenvalue weighted by molar-refractivity contribution is -0.128. The molecule has 1 unspecified atom stereocenters. The summed E-state index contributed by atoms with van der Waals surface area (Å²) in [6.45, 7) is 9.37. The van der Waals surface area contributed by atoms with Gasteiger partial charge in [-0.25, -0.2) is 0 Å². The normalized spacial score (nSPS) is 19.8. The van der Waals surface area contributed by atoms with Gasteiger partial charge in [0.1, 0.15) is 5.75 Å². The molecule has 0 aromatic heterocycles. The van der Waals surface area contributed by atoms with Crippen LogP contribution in [0.25, 0.3) is 0 Å². The van der Waals surface area contributed by atoms with Gasteiger partial charge in [-0.05, 0) is 38.3 Å². The molecule has 1 aromatic rings. The fourth-order valence-electron chi connectivity index (χ4n) is 2.60. The first kappa shape index (κ1) is 14.9. The molecule has 0 radical (unpaired) electrons. The van der Waals surface area contributed by atoms with Crippen LogP contribution < -0.4 is 10.1 Å². The molecule has 1 atom stereocenters. The van der Waals surface area contributed by atoms with Crippen molar-refractivity contribution in [1.82, 2.24) is 10.2 Å². The zero-order chi connectivity index (χ0) is 14.5. The second-order valence-electron chi connectivity index (χ2n) is 5.43. The number of hydrogen-bond acceptors (Lipinski definition) is 3. The zero-order valence-electron chi connectivity index (χ0n) is 12.6. The smallest absolute Gasteiger partial charge is 0.237 e. The molecule has 1 amide bonds. The summed E-state index contributed by atoms with van der Waals surface area (Å²) in [5, 5.41) is 2.88. The van der Waals surface area contributed by atoms with E-state index in [4.69, 9.17) is 4.74 Å². The third-order valence-corrected chi connectivity index (χ3v) is 3.87. The predicted molar refractivity (Wildman–Crippen MR) is 80.1 cm³/mol. The lowest BCUT2D eigenvalue weighted by Gasteiger charge is -2.32. The van der Waals surface area contributed by atoms with Gasteiger partial charge in [-0.2, -0.15) is 0 Å². The summed E-state index contributed by atoms with van der Waals surface area (Å²) in [4.78, 5) is 13.8. The van der Waals surface area contributed by atoms with E-state index in [0.29, 0.717) is 6.61 Å². The third-order valence-electron chi connectivity index (χ3n) is 3.87. The second kappa shape index (κ2) is 6.75. The van der Waals surface area contributed by atoms with Crippen LogP contribution in [0.2, 0.25) is 0 Å². The van der Waals surface area contributed by atoms with Gasteiger partial charge >= 0.3 is 0 Å². The van der Waals surface area contributed by atoms with Gasteiger partial charge in [0, 0.05) is 19.6 Å². The minimum absolute atomic E-state index is 0.0241. The van der Waals surface area contributed by atoms with Gasteiger partial charge in [0.25, 0.3) is 0 Å². The Hall–Kier alpha value is -1.55. The van der Waals surface area contributed by atoms with E-state index < -0.39 is 0 Å². The van der Waals surface area contributed by atoms with E-state index in [9.17, 15) is 4.79 Å². The van der Waals surface area contributed by atoms with Gasteiger partial charge in [-0.1, -0.05) is 18.2 Å². The highest BCUT2D eigenvalue weighted by Gasteiger charge is 2.24. The summed E-state index contributed by atoms with van der Waals surface area (Å²) < 4.78 is 5.89.